The van der Waals surface area contributed by atoms with E-state index in [1.54, 1.807) is 31.3 Å². The summed E-state index contributed by atoms with van der Waals surface area (Å²) in [6, 6.07) is 7.70. The molecule has 1 aliphatic rings. The van der Waals surface area contributed by atoms with Gasteiger partial charge in [0.05, 0.1) is 24.1 Å². The zero-order valence-electron chi connectivity index (χ0n) is 12.3. The van der Waals surface area contributed by atoms with Crippen molar-refractivity contribution >= 4 is 11.8 Å². The first-order valence-electron chi connectivity index (χ1n) is 6.81. The third-order valence-corrected chi connectivity index (χ3v) is 3.60. The smallest absolute Gasteiger partial charge is 0.290 e. The minimum absolute atomic E-state index is 0.262. The number of rotatable bonds is 4. The van der Waals surface area contributed by atoms with Gasteiger partial charge in [0.1, 0.15) is 6.54 Å². The quantitative estimate of drug-likeness (QED) is 0.790. The van der Waals surface area contributed by atoms with Crippen LogP contribution in [-0.4, -0.2) is 47.4 Å². The van der Waals surface area contributed by atoms with Crippen molar-refractivity contribution in [2.45, 2.75) is 25.2 Å². The fourth-order valence-electron chi connectivity index (χ4n) is 2.44. The van der Waals surface area contributed by atoms with Gasteiger partial charge < -0.3 is 0 Å². The van der Waals surface area contributed by atoms with Crippen molar-refractivity contribution < 1.29 is 22.8 Å². The number of likely N-dealkylation sites (N-methyl/N-ethyl adjacent to an activating group) is 1. The van der Waals surface area contributed by atoms with Gasteiger partial charge in [-0.25, -0.2) is 0 Å². The van der Waals surface area contributed by atoms with E-state index in [0.717, 1.165) is 5.56 Å². The maximum Gasteiger partial charge on any atom is 0.406 e. The van der Waals surface area contributed by atoms with Crippen LogP contribution in [0.5, 0.6) is 0 Å². The molecule has 23 heavy (non-hydrogen) atoms. The van der Waals surface area contributed by atoms with Gasteiger partial charge in [-0.2, -0.15) is 18.4 Å². The standard InChI is InChI=1S/C15H14F3N3O2/c1-20(8-11-4-2-10(7-19)3-5-11)12-6-13(22)21(14(12)23)9-15(16,17)18/h2-5,12H,6,8-9H2,1H3. The van der Waals surface area contributed by atoms with E-state index in [-0.39, 0.29) is 17.9 Å². The third-order valence-electron chi connectivity index (χ3n) is 3.60. The molecule has 1 heterocycles. The Morgan fingerprint density at radius 3 is 2.43 bits per heavy atom. The molecule has 1 unspecified atom stereocenters. The van der Waals surface area contributed by atoms with Crippen LogP contribution in [-0.2, 0) is 16.1 Å². The summed E-state index contributed by atoms with van der Waals surface area (Å²) in [5.41, 5.74) is 1.28. The zero-order valence-corrected chi connectivity index (χ0v) is 12.3. The molecule has 1 aromatic rings. The summed E-state index contributed by atoms with van der Waals surface area (Å²) >= 11 is 0. The molecule has 1 atom stereocenters. The normalized spacial score (nSPS) is 18.6. The van der Waals surface area contributed by atoms with Crippen molar-refractivity contribution in [3.8, 4) is 6.07 Å². The second-order valence-corrected chi connectivity index (χ2v) is 5.38. The van der Waals surface area contributed by atoms with Crippen LogP contribution >= 0.6 is 0 Å². The Hall–Kier alpha value is -2.40. The highest BCUT2D eigenvalue weighted by Crippen LogP contribution is 2.24. The molecular weight excluding hydrogens is 311 g/mol. The number of hydrogen-bond donors (Lipinski definition) is 0. The second kappa shape index (κ2) is 6.38. The van der Waals surface area contributed by atoms with Gasteiger partial charge in [-0.3, -0.25) is 19.4 Å². The monoisotopic (exact) mass is 325 g/mol. The molecule has 0 spiro atoms. The van der Waals surface area contributed by atoms with E-state index in [1.807, 2.05) is 6.07 Å². The number of hydrogen-bond acceptors (Lipinski definition) is 4. The Bertz CT molecular complexity index is 649. The number of alkyl halides is 3. The van der Waals surface area contributed by atoms with E-state index in [1.165, 1.54) is 4.90 Å². The minimum atomic E-state index is -4.61. The largest absolute Gasteiger partial charge is 0.406 e. The first-order chi connectivity index (χ1) is 10.7. The number of benzene rings is 1. The van der Waals surface area contributed by atoms with Gasteiger partial charge >= 0.3 is 6.18 Å². The summed E-state index contributed by atoms with van der Waals surface area (Å²) in [4.78, 5) is 25.5. The van der Waals surface area contributed by atoms with Crippen LogP contribution in [0.1, 0.15) is 17.5 Å². The molecule has 2 rings (SSSR count). The molecule has 1 saturated heterocycles. The lowest BCUT2D eigenvalue weighted by atomic mass is 10.1. The Kier molecular flexibility index (Phi) is 4.71. The van der Waals surface area contributed by atoms with Crippen LogP contribution in [0.2, 0.25) is 0 Å². The summed E-state index contributed by atoms with van der Waals surface area (Å²) in [6.07, 6.45) is -4.87. The van der Waals surface area contributed by atoms with Gasteiger partial charge in [-0.05, 0) is 24.7 Å². The van der Waals surface area contributed by atoms with E-state index in [0.29, 0.717) is 5.56 Å². The molecule has 1 fully saturated rings. The Morgan fingerprint density at radius 2 is 1.91 bits per heavy atom. The number of amides is 2. The predicted octanol–water partition coefficient (Wildman–Crippen LogP) is 1.68. The molecule has 1 aromatic carbocycles. The predicted molar refractivity (Wildman–Crippen MR) is 73.8 cm³/mol. The Balaban J connectivity index is 2.05. The minimum Gasteiger partial charge on any atom is -0.290 e. The lowest BCUT2D eigenvalue weighted by molar-refractivity contribution is -0.166. The molecular formula is C15H14F3N3O2. The van der Waals surface area contributed by atoms with Crippen LogP contribution in [0.3, 0.4) is 0 Å². The van der Waals surface area contributed by atoms with E-state index in [9.17, 15) is 22.8 Å². The van der Waals surface area contributed by atoms with Crippen LogP contribution in [0.15, 0.2) is 24.3 Å². The Morgan fingerprint density at radius 1 is 1.30 bits per heavy atom. The van der Waals surface area contributed by atoms with Crippen molar-refractivity contribution in [2.75, 3.05) is 13.6 Å². The molecule has 0 saturated carbocycles. The molecule has 1 aliphatic heterocycles. The van der Waals surface area contributed by atoms with Gasteiger partial charge in [0.15, 0.2) is 0 Å². The van der Waals surface area contributed by atoms with Crippen molar-refractivity contribution in [3.63, 3.8) is 0 Å². The van der Waals surface area contributed by atoms with Crippen molar-refractivity contribution in [1.82, 2.24) is 9.80 Å². The van der Waals surface area contributed by atoms with Gasteiger partial charge in [0.25, 0.3) is 0 Å². The summed E-state index contributed by atoms with van der Waals surface area (Å²) < 4.78 is 37.2. The van der Waals surface area contributed by atoms with Crippen LogP contribution in [0, 0.1) is 11.3 Å². The van der Waals surface area contributed by atoms with E-state index in [4.69, 9.17) is 5.26 Å². The van der Waals surface area contributed by atoms with E-state index < -0.39 is 30.6 Å². The first kappa shape index (κ1) is 17.0. The summed E-state index contributed by atoms with van der Waals surface area (Å²) in [6.45, 7) is -1.26. The van der Waals surface area contributed by atoms with Gasteiger partial charge in [0.2, 0.25) is 11.8 Å². The first-order valence-corrected chi connectivity index (χ1v) is 6.81. The number of likely N-dealkylation sites (tertiary alicyclic amines) is 1. The third kappa shape index (κ3) is 4.07. The maximum absolute atomic E-state index is 12.4. The average molecular weight is 325 g/mol. The summed E-state index contributed by atoms with van der Waals surface area (Å²) in [7, 11) is 1.57. The number of carbonyl (C=O) groups is 2. The second-order valence-electron chi connectivity index (χ2n) is 5.38. The molecule has 0 bridgehead atoms. The molecule has 0 aromatic heterocycles. The molecule has 5 nitrogen and oxygen atoms in total. The average Bonchev–Trinajstić information content (AvgIpc) is 2.75. The zero-order chi connectivity index (χ0) is 17.2. The SMILES string of the molecule is CN(Cc1ccc(C#N)cc1)C1CC(=O)N(CC(F)(F)F)C1=O. The highest BCUT2D eigenvalue weighted by atomic mass is 19.4. The lowest BCUT2D eigenvalue weighted by Gasteiger charge is -2.23. The van der Waals surface area contributed by atoms with Gasteiger partial charge in [-0.1, -0.05) is 12.1 Å². The highest BCUT2D eigenvalue weighted by molar-refractivity contribution is 6.05. The van der Waals surface area contributed by atoms with E-state index in [2.05, 4.69) is 0 Å². The maximum atomic E-state index is 12.4. The molecule has 0 radical (unpaired) electrons. The number of carbonyl (C=O) groups excluding carboxylic acids is 2. The van der Waals surface area contributed by atoms with Crippen molar-refractivity contribution in [2.24, 2.45) is 0 Å². The highest BCUT2D eigenvalue weighted by Gasteiger charge is 2.45. The van der Waals surface area contributed by atoms with Crippen LogP contribution in [0.4, 0.5) is 13.2 Å². The lowest BCUT2D eigenvalue weighted by Crippen LogP contribution is -2.43. The molecule has 122 valence electrons. The fourth-order valence-corrected chi connectivity index (χ4v) is 2.44. The van der Waals surface area contributed by atoms with Crippen LogP contribution in [0.25, 0.3) is 0 Å². The number of halogens is 3. The molecule has 8 heteroatoms. The van der Waals surface area contributed by atoms with Crippen molar-refractivity contribution in [1.29, 1.82) is 5.26 Å². The molecule has 0 N–H and O–H groups in total. The van der Waals surface area contributed by atoms with E-state index >= 15 is 0 Å². The molecule has 2 amide bonds. The number of nitriles is 1. The Labute approximate surface area is 130 Å². The molecule has 0 aliphatic carbocycles. The van der Waals surface area contributed by atoms with Gasteiger partial charge in [0, 0.05) is 6.54 Å². The number of nitrogens with zero attached hydrogens (tertiary/aromatic N) is 3. The topological polar surface area (TPSA) is 64.4 Å². The van der Waals surface area contributed by atoms with Crippen molar-refractivity contribution in [3.05, 3.63) is 35.4 Å². The summed E-state index contributed by atoms with van der Waals surface area (Å²) in [5.74, 6) is -1.65. The summed E-state index contributed by atoms with van der Waals surface area (Å²) in [5, 5.41) is 8.73. The van der Waals surface area contributed by atoms with Crippen LogP contribution < -0.4 is 0 Å². The van der Waals surface area contributed by atoms with Gasteiger partial charge in [-0.15, -0.1) is 0 Å². The fraction of sp³-hybridized carbons (Fsp3) is 0.400. The number of imide groups is 1.